The first kappa shape index (κ1) is 10.4. The molecule has 2 N–H and O–H groups in total. The van der Waals surface area contributed by atoms with E-state index in [1.807, 2.05) is 10.6 Å². The Morgan fingerprint density at radius 3 is 3.07 bits per heavy atom. The standard InChI is InChI=1S/C10H12BrN4/c1-2-3-4-7-5-8(11)9-10(12)13-6-14-15(7)9/h5-6H,1-4H2,(H2,12,13,14). The van der Waals surface area contributed by atoms with Gasteiger partial charge in [0.2, 0.25) is 0 Å². The quantitative estimate of drug-likeness (QED) is 0.928. The van der Waals surface area contributed by atoms with Crippen LogP contribution in [0.25, 0.3) is 5.52 Å². The first-order chi connectivity index (χ1) is 7.24. The van der Waals surface area contributed by atoms with Gasteiger partial charge in [0.15, 0.2) is 5.82 Å². The van der Waals surface area contributed by atoms with Crippen molar-refractivity contribution in [3.63, 3.8) is 0 Å². The Labute approximate surface area is 96.6 Å². The maximum Gasteiger partial charge on any atom is 0.152 e. The molecule has 0 saturated carbocycles. The molecule has 0 fully saturated rings. The lowest BCUT2D eigenvalue weighted by atomic mass is 10.2. The van der Waals surface area contributed by atoms with Crippen molar-refractivity contribution < 1.29 is 0 Å². The molecule has 0 saturated heterocycles. The number of halogens is 1. The van der Waals surface area contributed by atoms with Gasteiger partial charge >= 0.3 is 0 Å². The summed E-state index contributed by atoms with van der Waals surface area (Å²) in [5.41, 5.74) is 7.76. The largest absolute Gasteiger partial charge is 0.382 e. The van der Waals surface area contributed by atoms with Crippen LogP contribution in [0.15, 0.2) is 16.9 Å². The first-order valence-corrected chi connectivity index (χ1v) is 5.59. The van der Waals surface area contributed by atoms with Crippen molar-refractivity contribution in [2.45, 2.75) is 19.3 Å². The Kier molecular flexibility index (Phi) is 2.90. The van der Waals surface area contributed by atoms with Crippen molar-refractivity contribution >= 4 is 27.3 Å². The van der Waals surface area contributed by atoms with Gasteiger partial charge < -0.3 is 5.73 Å². The van der Waals surface area contributed by atoms with Crippen LogP contribution in [0, 0.1) is 6.92 Å². The molecule has 0 bridgehead atoms. The average Bonchev–Trinajstić information content (AvgIpc) is 2.54. The summed E-state index contributed by atoms with van der Waals surface area (Å²) in [4.78, 5) is 3.97. The number of anilines is 1. The Balaban J connectivity index is 2.53. The van der Waals surface area contributed by atoms with Crippen molar-refractivity contribution in [1.29, 1.82) is 0 Å². The number of unbranched alkanes of at least 4 members (excludes halogenated alkanes) is 1. The summed E-state index contributed by atoms with van der Waals surface area (Å²) in [5.74, 6) is 0.498. The third kappa shape index (κ3) is 1.84. The number of hydrogen-bond acceptors (Lipinski definition) is 3. The number of rotatable bonds is 3. The number of fused-ring (bicyclic) bond motifs is 1. The van der Waals surface area contributed by atoms with Crippen LogP contribution in [-0.2, 0) is 6.42 Å². The summed E-state index contributed by atoms with van der Waals surface area (Å²) in [6.45, 7) is 3.83. The minimum atomic E-state index is 0.498. The van der Waals surface area contributed by atoms with Gasteiger partial charge in [-0.25, -0.2) is 9.50 Å². The van der Waals surface area contributed by atoms with Gasteiger partial charge in [0.25, 0.3) is 0 Å². The lowest BCUT2D eigenvalue weighted by Crippen LogP contribution is -2.02. The van der Waals surface area contributed by atoms with Gasteiger partial charge in [0.05, 0.1) is 0 Å². The third-order valence-corrected chi connectivity index (χ3v) is 2.90. The second-order valence-electron chi connectivity index (χ2n) is 3.35. The summed E-state index contributed by atoms with van der Waals surface area (Å²) in [6, 6.07) is 2.04. The molecule has 2 heterocycles. The molecular weight excluding hydrogens is 256 g/mol. The molecule has 5 heteroatoms. The maximum absolute atomic E-state index is 5.78. The maximum atomic E-state index is 5.78. The molecule has 0 amide bonds. The van der Waals surface area contributed by atoms with Crippen LogP contribution in [-0.4, -0.2) is 14.6 Å². The van der Waals surface area contributed by atoms with E-state index >= 15 is 0 Å². The number of aryl methyl sites for hydroxylation is 1. The molecular formula is C10H12BrN4. The number of aromatic nitrogens is 3. The minimum absolute atomic E-state index is 0.498. The van der Waals surface area contributed by atoms with Crippen molar-refractivity contribution in [3.8, 4) is 0 Å². The summed E-state index contributed by atoms with van der Waals surface area (Å²) in [5, 5.41) is 4.19. The second-order valence-corrected chi connectivity index (χ2v) is 4.20. The van der Waals surface area contributed by atoms with Gasteiger partial charge in [-0.3, -0.25) is 0 Å². The van der Waals surface area contributed by atoms with E-state index in [0.29, 0.717) is 5.82 Å². The van der Waals surface area contributed by atoms with E-state index in [4.69, 9.17) is 5.73 Å². The van der Waals surface area contributed by atoms with Crippen LogP contribution < -0.4 is 5.73 Å². The molecule has 0 aliphatic heterocycles. The van der Waals surface area contributed by atoms with Crippen LogP contribution in [0.3, 0.4) is 0 Å². The number of nitrogens with two attached hydrogens (primary N) is 1. The zero-order valence-electron chi connectivity index (χ0n) is 8.28. The van der Waals surface area contributed by atoms with E-state index in [0.717, 1.165) is 34.9 Å². The lowest BCUT2D eigenvalue weighted by molar-refractivity contribution is 0.764. The van der Waals surface area contributed by atoms with Crippen molar-refractivity contribution in [3.05, 3.63) is 29.5 Å². The molecule has 0 unspecified atom stereocenters. The van der Waals surface area contributed by atoms with Gasteiger partial charge in [-0.05, 0) is 34.8 Å². The van der Waals surface area contributed by atoms with Gasteiger partial charge in [-0.1, -0.05) is 13.3 Å². The average molecular weight is 268 g/mol. The first-order valence-electron chi connectivity index (χ1n) is 4.80. The van der Waals surface area contributed by atoms with E-state index in [9.17, 15) is 0 Å². The van der Waals surface area contributed by atoms with Crippen LogP contribution in [0.1, 0.15) is 18.5 Å². The molecule has 4 nitrogen and oxygen atoms in total. The third-order valence-electron chi connectivity index (χ3n) is 2.29. The number of hydrogen-bond donors (Lipinski definition) is 1. The van der Waals surface area contributed by atoms with Crippen LogP contribution in [0.4, 0.5) is 5.82 Å². The van der Waals surface area contributed by atoms with E-state index in [2.05, 4.69) is 32.9 Å². The van der Waals surface area contributed by atoms with Crippen LogP contribution in [0.5, 0.6) is 0 Å². The number of nitrogens with zero attached hydrogens (tertiary/aromatic N) is 3. The van der Waals surface area contributed by atoms with Crippen LogP contribution >= 0.6 is 15.9 Å². The molecule has 0 aliphatic carbocycles. The van der Waals surface area contributed by atoms with E-state index < -0.39 is 0 Å². The Morgan fingerprint density at radius 2 is 2.33 bits per heavy atom. The fraction of sp³-hybridized carbons (Fsp3) is 0.300. The topological polar surface area (TPSA) is 56.2 Å². The summed E-state index contributed by atoms with van der Waals surface area (Å²) in [7, 11) is 0. The molecule has 2 rings (SSSR count). The number of nitrogen functional groups attached to an aromatic ring is 1. The zero-order valence-corrected chi connectivity index (χ0v) is 9.87. The molecule has 1 radical (unpaired) electrons. The predicted octanol–water partition coefficient (Wildman–Crippen LogP) is 2.23. The van der Waals surface area contributed by atoms with Gasteiger partial charge in [-0.15, -0.1) is 0 Å². The minimum Gasteiger partial charge on any atom is -0.382 e. The van der Waals surface area contributed by atoms with Gasteiger partial charge in [0.1, 0.15) is 11.8 Å². The second kappa shape index (κ2) is 4.18. The molecule has 2 aromatic heterocycles. The van der Waals surface area contributed by atoms with Gasteiger partial charge in [0, 0.05) is 10.2 Å². The summed E-state index contributed by atoms with van der Waals surface area (Å²) in [6.07, 6.45) is 4.39. The highest BCUT2D eigenvalue weighted by atomic mass is 79.9. The summed E-state index contributed by atoms with van der Waals surface area (Å²) >= 11 is 3.46. The molecule has 0 aliphatic rings. The van der Waals surface area contributed by atoms with E-state index in [1.54, 1.807) is 0 Å². The highest BCUT2D eigenvalue weighted by Crippen LogP contribution is 2.25. The normalized spacial score (nSPS) is 11.1. The fourth-order valence-electron chi connectivity index (χ4n) is 1.57. The Hall–Kier alpha value is -1.10. The monoisotopic (exact) mass is 267 g/mol. The highest BCUT2D eigenvalue weighted by molar-refractivity contribution is 9.10. The van der Waals surface area contributed by atoms with Crippen molar-refractivity contribution in [2.75, 3.05) is 5.73 Å². The van der Waals surface area contributed by atoms with Crippen LogP contribution in [0.2, 0.25) is 0 Å². The molecule has 2 aromatic rings. The smallest absolute Gasteiger partial charge is 0.152 e. The zero-order chi connectivity index (χ0) is 10.8. The molecule has 79 valence electrons. The molecule has 15 heavy (non-hydrogen) atoms. The summed E-state index contributed by atoms with van der Waals surface area (Å²) < 4.78 is 2.78. The SMILES string of the molecule is [CH2]CCCc1cc(Br)c2c(N)ncnn12. The van der Waals surface area contributed by atoms with Crippen molar-refractivity contribution in [2.24, 2.45) is 0 Å². The fourth-order valence-corrected chi connectivity index (χ4v) is 2.20. The highest BCUT2D eigenvalue weighted by Gasteiger charge is 2.10. The molecule has 0 atom stereocenters. The predicted molar refractivity (Wildman–Crippen MR) is 63.4 cm³/mol. The molecule has 0 aromatic carbocycles. The van der Waals surface area contributed by atoms with E-state index in [-0.39, 0.29) is 0 Å². The Bertz CT molecular complexity index is 477. The lowest BCUT2D eigenvalue weighted by Gasteiger charge is -2.01. The van der Waals surface area contributed by atoms with Crippen molar-refractivity contribution in [1.82, 2.24) is 14.6 Å². The van der Waals surface area contributed by atoms with Gasteiger partial charge in [-0.2, -0.15) is 5.10 Å². The van der Waals surface area contributed by atoms with E-state index in [1.165, 1.54) is 6.33 Å². The Morgan fingerprint density at radius 1 is 1.53 bits per heavy atom. The molecule has 0 spiro atoms.